The number of hydrogen-bond donors (Lipinski definition) is 10. The lowest BCUT2D eigenvalue weighted by molar-refractivity contribution is 0.0684. The molecule has 2 amide bonds. The number of carbonyl (C=O) groups excluding carboxylic acids is 1. The van der Waals surface area contributed by atoms with Gasteiger partial charge in [-0.05, 0) is 37.8 Å². The zero-order chi connectivity index (χ0) is 45.9. The molecule has 0 unspecified atom stereocenters. The molecule has 23 nitrogen and oxygen atoms in total. The van der Waals surface area contributed by atoms with E-state index in [0.717, 1.165) is 25.7 Å². The van der Waals surface area contributed by atoms with Gasteiger partial charge in [0.05, 0.1) is 44.6 Å². The maximum Gasteiger partial charge on any atom is 0.341 e. The van der Waals surface area contributed by atoms with Gasteiger partial charge in [0.15, 0.2) is 11.6 Å². The maximum atomic E-state index is 15.7. The highest BCUT2D eigenvalue weighted by atomic mass is 19.1. The Morgan fingerprint density at radius 3 is 1.30 bits per heavy atom. The average molecular weight is 887 g/mol. The number of urea groups is 1. The first-order chi connectivity index (χ1) is 30.4. The molecule has 0 atom stereocenters. The molecular formula is C39H44F2N16O7. The molecule has 0 radical (unpaired) electrons. The fourth-order valence-corrected chi connectivity index (χ4v) is 8.07. The quantitative estimate of drug-likeness (QED) is 0.0719. The third kappa shape index (κ3) is 7.97. The van der Waals surface area contributed by atoms with E-state index in [1.54, 1.807) is 18.9 Å². The Kier molecular flexibility index (Phi) is 10.9. The number of benzene rings is 2. The van der Waals surface area contributed by atoms with Crippen LogP contribution in [0.25, 0.3) is 21.8 Å². The number of nitrogen functional groups attached to an aromatic ring is 2. The molecular weight excluding hydrogens is 843 g/mol. The van der Waals surface area contributed by atoms with E-state index in [1.165, 1.54) is 34.3 Å². The molecule has 2 aliphatic carbocycles. The van der Waals surface area contributed by atoms with Gasteiger partial charge in [-0.3, -0.25) is 31.0 Å². The Balaban J connectivity index is 0.847. The molecule has 2 saturated carbocycles. The number of carboxylic acid groups (broad SMARTS) is 2. The van der Waals surface area contributed by atoms with E-state index >= 15 is 8.78 Å². The van der Waals surface area contributed by atoms with Crippen molar-refractivity contribution in [3.63, 3.8) is 0 Å². The van der Waals surface area contributed by atoms with Gasteiger partial charge in [-0.15, -0.1) is 0 Å². The number of carbonyl (C=O) groups is 3. The number of nitrogens with one attached hydrogen (secondary N) is 4. The van der Waals surface area contributed by atoms with E-state index in [1.807, 2.05) is 0 Å². The van der Waals surface area contributed by atoms with Crippen molar-refractivity contribution in [2.45, 2.75) is 37.8 Å². The average Bonchev–Trinajstić information content (AvgIpc) is 4.19. The molecule has 0 spiro atoms. The first kappa shape index (κ1) is 42.7. The lowest BCUT2D eigenvalue weighted by Crippen LogP contribution is -2.51. The number of fused-ring (bicyclic) bond motifs is 2. The van der Waals surface area contributed by atoms with Gasteiger partial charge in [0.25, 0.3) is 0 Å². The number of aliphatic imine (C=N–C) groups is 2. The van der Waals surface area contributed by atoms with E-state index in [9.17, 15) is 34.2 Å². The molecule has 2 aliphatic heterocycles. The number of guanidine groups is 4. The molecule has 4 aromatic rings. The number of halogens is 2. The summed E-state index contributed by atoms with van der Waals surface area (Å²) in [6, 6.07) is 1.93. The van der Waals surface area contributed by atoms with Crippen LogP contribution in [0.4, 0.5) is 36.3 Å². The summed E-state index contributed by atoms with van der Waals surface area (Å²) in [5.41, 5.74) is 21.3. The second-order valence-electron chi connectivity index (χ2n) is 15.8. The maximum absolute atomic E-state index is 15.7. The first-order valence-corrected chi connectivity index (χ1v) is 20.2. The summed E-state index contributed by atoms with van der Waals surface area (Å²) >= 11 is 0. The van der Waals surface area contributed by atoms with Crippen molar-refractivity contribution in [2.24, 2.45) is 21.5 Å². The van der Waals surface area contributed by atoms with Crippen molar-refractivity contribution in [1.82, 2.24) is 29.6 Å². The van der Waals surface area contributed by atoms with Crippen LogP contribution < -0.4 is 54.2 Å². The van der Waals surface area contributed by atoms with Crippen molar-refractivity contribution < 1.29 is 33.4 Å². The van der Waals surface area contributed by atoms with Crippen LogP contribution in [0.15, 0.2) is 44.1 Å². The summed E-state index contributed by atoms with van der Waals surface area (Å²) < 4.78 is 34.7. The van der Waals surface area contributed by atoms with Crippen molar-refractivity contribution in [2.75, 3.05) is 73.6 Å². The van der Waals surface area contributed by atoms with Gasteiger partial charge in [-0.2, -0.15) is 9.98 Å². The van der Waals surface area contributed by atoms with Crippen LogP contribution in [0.3, 0.4) is 0 Å². The smallest absolute Gasteiger partial charge is 0.341 e. The zero-order valence-corrected chi connectivity index (χ0v) is 34.0. The Morgan fingerprint density at radius 2 is 0.984 bits per heavy atom. The van der Waals surface area contributed by atoms with Crippen LogP contribution in [0.5, 0.6) is 0 Å². The van der Waals surface area contributed by atoms with Crippen LogP contribution in [-0.4, -0.2) is 123 Å². The highest BCUT2D eigenvalue weighted by Gasteiger charge is 2.32. The van der Waals surface area contributed by atoms with Gasteiger partial charge in [0.1, 0.15) is 11.1 Å². The summed E-state index contributed by atoms with van der Waals surface area (Å²) in [4.78, 5) is 76.5. The molecule has 64 heavy (non-hydrogen) atoms. The number of nitrogens with two attached hydrogens (primary N) is 4. The minimum absolute atomic E-state index is 0.0447. The Morgan fingerprint density at radius 1 is 0.641 bits per heavy atom. The Hall–Kier alpha value is -7.99. The van der Waals surface area contributed by atoms with Crippen molar-refractivity contribution in [3.8, 4) is 0 Å². The summed E-state index contributed by atoms with van der Waals surface area (Å²) in [6.07, 6.45) is 5.61. The molecule has 0 bridgehead atoms. The van der Waals surface area contributed by atoms with Gasteiger partial charge < -0.3 is 61.9 Å². The van der Waals surface area contributed by atoms with Crippen molar-refractivity contribution in [1.29, 1.82) is 10.8 Å². The fourth-order valence-electron chi connectivity index (χ4n) is 8.07. The summed E-state index contributed by atoms with van der Waals surface area (Å²) in [5.74, 6) is -6.13. The molecule has 336 valence electrons. The molecule has 2 aromatic heterocycles. The number of aromatic nitrogens is 2. The number of carboxylic acids is 2. The van der Waals surface area contributed by atoms with E-state index in [0.29, 0.717) is 11.0 Å². The summed E-state index contributed by atoms with van der Waals surface area (Å²) in [6.45, 7) is 1.57. The number of amides is 2. The van der Waals surface area contributed by atoms with Crippen LogP contribution in [0.2, 0.25) is 0 Å². The molecule has 2 aromatic carbocycles. The number of anilines is 4. The normalized spacial score (nSPS) is 17.2. The number of aromatic carboxylic acids is 2. The standard InChI is InChI=1S/C39H44F2N16O7/c40-27-23(13-21-25(29(27)42)31(58)19(33(60)61)15-56(21)17-1-2-17)52-5-9-54(10-6-52)37(46)48-35(44)50-39(64)51-36(45)49-38(47)55-11-7-53(8-12-55)24-14-22-26(30(43)28(24)41)32(59)20(34(62)63)16-57(22)18-3-4-18/h13-18H,1-12,42-43H2,(H,60,61)(H,62,63)(H8,44,45,46,47,48,49,50,51,64). The molecule has 8 rings (SSSR count). The monoisotopic (exact) mass is 886 g/mol. The Labute approximate surface area is 360 Å². The van der Waals surface area contributed by atoms with Crippen LogP contribution in [-0.2, 0) is 0 Å². The second-order valence-corrected chi connectivity index (χ2v) is 15.8. The molecule has 4 heterocycles. The minimum atomic E-state index is -1.43. The Bertz CT molecular complexity index is 2680. The number of rotatable bonds is 6. The molecule has 4 fully saturated rings. The number of hydrogen-bond acceptors (Lipinski definition) is 11. The lowest BCUT2D eigenvalue weighted by Gasteiger charge is -2.36. The highest BCUT2D eigenvalue weighted by Crippen LogP contribution is 2.41. The van der Waals surface area contributed by atoms with Gasteiger partial charge in [-0.25, -0.2) is 23.2 Å². The van der Waals surface area contributed by atoms with Crippen LogP contribution in [0.1, 0.15) is 58.5 Å². The van der Waals surface area contributed by atoms with E-state index in [2.05, 4.69) is 20.6 Å². The topological polar surface area (TPSA) is 349 Å². The lowest BCUT2D eigenvalue weighted by atomic mass is 10.1. The third-order valence-corrected chi connectivity index (χ3v) is 11.7. The summed E-state index contributed by atoms with van der Waals surface area (Å²) in [5, 5.41) is 40.1. The predicted molar refractivity (Wildman–Crippen MR) is 234 cm³/mol. The SMILES string of the molecule is N=C(/N=C(\N)NC(=O)N/C(N)=N/C(=N)N1CCN(c2cc3c(c(N)c2F)c(=O)c(C(=O)O)cn3C2CC2)CC1)N1CCN(c2cc3c(c(N)c2F)c(=O)c(C(=O)O)cn3C2CC2)CC1. The third-order valence-electron chi connectivity index (χ3n) is 11.7. The van der Waals surface area contributed by atoms with Crippen LogP contribution in [0, 0.1) is 22.5 Å². The first-order valence-electron chi connectivity index (χ1n) is 20.2. The van der Waals surface area contributed by atoms with Gasteiger partial charge in [0, 0.05) is 76.8 Å². The minimum Gasteiger partial charge on any atom is -0.477 e. The van der Waals surface area contributed by atoms with Crippen molar-refractivity contribution >= 4 is 86.4 Å². The zero-order valence-electron chi connectivity index (χ0n) is 34.0. The number of pyridine rings is 2. The second kappa shape index (κ2) is 16.4. The molecule has 4 aliphatic rings. The van der Waals surface area contributed by atoms with E-state index < -0.39 is 74.9 Å². The van der Waals surface area contributed by atoms with Gasteiger partial charge >= 0.3 is 18.0 Å². The number of nitrogens with zero attached hydrogens (tertiary/aromatic N) is 8. The fraction of sp³-hybridized carbons (Fsp3) is 0.359. The molecule has 2 saturated heterocycles. The molecule has 14 N–H and O–H groups in total. The summed E-state index contributed by atoms with van der Waals surface area (Å²) in [7, 11) is 0. The van der Waals surface area contributed by atoms with Gasteiger partial charge in [0.2, 0.25) is 34.7 Å². The highest BCUT2D eigenvalue weighted by molar-refractivity contribution is 6.07. The van der Waals surface area contributed by atoms with Crippen molar-refractivity contribution in [3.05, 3.63) is 67.7 Å². The van der Waals surface area contributed by atoms with Gasteiger partial charge in [-0.1, -0.05) is 0 Å². The predicted octanol–water partition coefficient (Wildman–Crippen LogP) is 0.568. The van der Waals surface area contributed by atoms with Crippen LogP contribution >= 0.6 is 0 Å². The number of piperazine rings is 2. The largest absolute Gasteiger partial charge is 0.477 e. The molecule has 25 heteroatoms. The van der Waals surface area contributed by atoms with E-state index in [-0.39, 0.29) is 98.5 Å². The van der Waals surface area contributed by atoms with E-state index in [4.69, 9.17) is 33.8 Å².